The minimum absolute atomic E-state index is 0.0718. The van der Waals surface area contributed by atoms with Crippen molar-refractivity contribution >= 4 is 41.3 Å². The zero-order valence-electron chi connectivity index (χ0n) is 29.8. The molecule has 0 aromatic heterocycles. The Morgan fingerprint density at radius 1 is 0.741 bits per heavy atom. The monoisotopic (exact) mass is 746 g/mol. The standard InChI is InChI=1S/C40H37F3N2O9/c1-5-51-36(48)39(37(49)52-6-2,27-12-8-7-9-13-27)24-53-38(50)54-29-20-21-32-33(22-29)45(25(3)4)34(46)23-44(32)35(47)31-15-11-10-14-30(31)26-16-18-28(19-17-26)40(41,42)43/h7-22,25H,5-6,23-24H2,1-4H3. The summed E-state index contributed by atoms with van der Waals surface area (Å²) in [6.45, 7) is 5.31. The highest BCUT2D eigenvalue weighted by molar-refractivity contribution is 6.18. The third-order valence-electron chi connectivity index (χ3n) is 8.62. The van der Waals surface area contributed by atoms with Gasteiger partial charge in [0.05, 0.1) is 30.2 Å². The number of anilines is 2. The van der Waals surface area contributed by atoms with Crippen molar-refractivity contribution < 1.29 is 56.1 Å². The number of hydrogen-bond donors (Lipinski definition) is 0. The SMILES string of the molecule is CCOC(=O)C(COC(=O)Oc1ccc2c(c1)N(C(C)C)C(=O)CN2C(=O)c1ccccc1-c1ccc(C(F)(F)F)cc1)(C(=O)OCC)c1ccccc1. The summed E-state index contributed by atoms with van der Waals surface area (Å²) >= 11 is 0. The second kappa shape index (κ2) is 16.2. The maximum atomic E-state index is 14.2. The van der Waals surface area contributed by atoms with E-state index < -0.39 is 59.7 Å². The molecule has 2 amide bonds. The molecular weight excluding hydrogens is 709 g/mol. The number of halogens is 3. The number of carbonyl (C=O) groups is 5. The van der Waals surface area contributed by atoms with E-state index in [4.69, 9.17) is 18.9 Å². The van der Waals surface area contributed by atoms with E-state index in [0.717, 1.165) is 12.1 Å². The Balaban J connectivity index is 1.44. The van der Waals surface area contributed by atoms with Crippen LogP contribution >= 0.6 is 0 Å². The van der Waals surface area contributed by atoms with Crippen LogP contribution < -0.4 is 14.5 Å². The molecule has 282 valence electrons. The molecule has 0 saturated heterocycles. The molecule has 11 nitrogen and oxygen atoms in total. The summed E-state index contributed by atoms with van der Waals surface area (Å²) in [4.78, 5) is 70.2. The Hall–Kier alpha value is -6.18. The summed E-state index contributed by atoms with van der Waals surface area (Å²) in [7, 11) is 0. The van der Waals surface area contributed by atoms with E-state index in [2.05, 4.69) is 0 Å². The number of alkyl halides is 3. The third kappa shape index (κ3) is 7.92. The highest BCUT2D eigenvalue weighted by Gasteiger charge is 2.52. The molecule has 1 heterocycles. The van der Waals surface area contributed by atoms with Crippen LogP contribution in [0.1, 0.15) is 49.2 Å². The fraction of sp³-hybridized carbons (Fsp3) is 0.275. The molecule has 0 aliphatic carbocycles. The molecule has 4 aromatic carbocycles. The maximum absolute atomic E-state index is 14.2. The van der Waals surface area contributed by atoms with Gasteiger partial charge in [0.15, 0.2) is 0 Å². The van der Waals surface area contributed by atoms with Crippen molar-refractivity contribution in [2.24, 2.45) is 0 Å². The number of benzene rings is 4. The van der Waals surface area contributed by atoms with Gasteiger partial charge in [0.1, 0.15) is 18.9 Å². The van der Waals surface area contributed by atoms with Crippen molar-refractivity contribution in [3.05, 3.63) is 114 Å². The number of nitrogens with zero attached hydrogens (tertiary/aromatic N) is 2. The van der Waals surface area contributed by atoms with Crippen LogP contribution in [0.25, 0.3) is 11.1 Å². The summed E-state index contributed by atoms with van der Waals surface area (Å²) in [6.07, 6.45) is -5.83. The lowest BCUT2D eigenvalue weighted by Gasteiger charge is -2.38. The number of fused-ring (bicyclic) bond motifs is 1. The quantitative estimate of drug-likeness (QED) is 0.0670. The van der Waals surface area contributed by atoms with Crippen LogP contribution in [-0.2, 0) is 40.2 Å². The van der Waals surface area contributed by atoms with Gasteiger partial charge in [-0.1, -0.05) is 60.7 Å². The topological polar surface area (TPSA) is 129 Å². The lowest BCUT2D eigenvalue weighted by atomic mass is 9.81. The third-order valence-corrected chi connectivity index (χ3v) is 8.62. The lowest BCUT2D eigenvalue weighted by Crippen LogP contribution is -2.50. The van der Waals surface area contributed by atoms with Crippen molar-refractivity contribution in [3.8, 4) is 16.9 Å². The molecule has 0 atom stereocenters. The molecule has 0 saturated carbocycles. The Labute approximate surface area is 309 Å². The molecule has 4 aromatic rings. The molecule has 1 aliphatic heterocycles. The van der Waals surface area contributed by atoms with Crippen molar-refractivity contribution in [3.63, 3.8) is 0 Å². The number of amides is 2. The summed E-state index contributed by atoms with van der Waals surface area (Å²) < 4.78 is 60.9. The minimum atomic E-state index is -4.54. The number of esters is 2. The second-order valence-corrected chi connectivity index (χ2v) is 12.4. The number of rotatable bonds is 11. The molecule has 0 fully saturated rings. The number of ether oxygens (including phenoxy) is 4. The molecule has 54 heavy (non-hydrogen) atoms. The van der Waals surface area contributed by atoms with Crippen molar-refractivity contribution in [2.75, 3.05) is 36.2 Å². The lowest BCUT2D eigenvalue weighted by molar-refractivity contribution is -0.167. The predicted octanol–water partition coefficient (Wildman–Crippen LogP) is 7.35. The number of carbonyl (C=O) groups excluding carboxylic acids is 5. The average molecular weight is 747 g/mol. The van der Waals surface area contributed by atoms with E-state index in [1.807, 2.05) is 0 Å². The van der Waals surface area contributed by atoms with Crippen LogP contribution in [0.4, 0.5) is 29.3 Å². The zero-order chi connectivity index (χ0) is 39.2. The first-order valence-electron chi connectivity index (χ1n) is 17.0. The van der Waals surface area contributed by atoms with Gasteiger partial charge in [-0.15, -0.1) is 0 Å². The Kier molecular flexibility index (Phi) is 11.7. The fourth-order valence-electron chi connectivity index (χ4n) is 6.12. The van der Waals surface area contributed by atoms with Gasteiger partial charge >= 0.3 is 24.3 Å². The van der Waals surface area contributed by atoms with Gasteiger partial charge in [0.25, 0.3) is 5.91 Å². The highest BCUT2D eigenvalue weighted by Crippen LogP contribution is 2.40. The van der Waals surface area contributed by atoms with Gasteiger partial charge < -0.3 is 23.8 Å². The van der Waals surface area contributed by atoms with Crippen LogP contribution in [0.2, 0.25) is 0 Å². The van der Waals surface area contributed by atoms with Crippen LogP contribution in [0, 0.1) is 0 Å². The largest absolute Gasteiger partial charge is 0.513 e. The molecular formula is C40H37F3N2O9. The second-order valence-electron chi connectivity index (χ2n) is 12.4. The highest BCUT2D eigenvalue weighted by atomic mass is 19.4. The molecule has 1 aliphatic rings. The van der Waals surface area contributed by atoms with Crippen LogP contribution in [0.15, 0.2) is 97.1 Å². The smallest absolute Gasteiger partial charge is 0.465 e. The van der Waals surface area contributed by atoms with Crippen molar-refractivity contribution in [2.45, 2.75) is 45.3 Å². The normalized spacial score (nSPS) is 12.9. The van der Waals surface area contributed by atoms with Gasteiger partial charge in [-0.2, -0.15) is 13.2 Å². The van der Waals surface area contributed by atoms with Crippen LogP contribution in [0.3, 0.4) is 0 Å². The first-order chi connectivity index (χ1) is 25.7. The maximum Gasteiger partial charge on any atom is 0.513 e. The van der Waals surface area contributed by atoms with E-state index in [1.54, 1.807) is 64.1 Å². The van der Waals surface area contributed by atoms with Crippen molar-refractivity contribution in [1.82, 2.24) is 0 Å². The zero-order valence-corrected chi connectivity index (χ0v) is 29.8. The molecule has 0 N–H and O–H groups in total. The predicted molar refractivity (Wildman–Crippen MR) is 191 cm³/mol. The minimum Gasteiger partial charge on any atom is -0.465 e. The Morgan fingerprint density at radius 2 is 1.35 bits per heavy atom. The Bertz CT molecular complexity index is 2010. The van der Waals surface area contributed by atoms with Gasteiger partial charge in [-0.05, 0) is 74.7 Å². The fourth-order valence-corrected chi connectivity index (χ4v) is 6.12. The van der Waals surface area contributed by atoms with Crippen LogP contribution in [0.5, 0.6) is 5.75 Å². The van der Waals surface area contributed by atoms with Gasteiger partial charge in [0, 0.05) is 17.7 Å². The summed E-state index contributed by atoms with van der Waals surface area (Å²) in [6, 6.07) is 22.5. The molecule has 0 spiro atoms. The van der Waals surface area contributed by atoms with E-state index in [9.17, 15) is 37.1 Å². The van der Waals surface area contributed by atoms with Gasteiger partial charge in [-0.25, -0.2) is 4.79 Å². The average Bonchev–Trinajstić information content (AvgIpc) is 3.14. The molecule has 0 bridgehead atoms. The van der Waals surface area contributed by atoms with Gasteiger partial charge in [0.2, 0.25) is 11.3 Å². The van der Waals surface area contributed by atoms with Crippen molar-refractivity contribution in [1.29, 1.82) is 0 Å². The van der Waals surface area contributed by atoms with E-state index >= 15 is 0 Å². The number of hydrogen-bond acceptors (Lipinski definition) is 9. The summed E-state index contributed by atoms with van der Waals surface area (Å²) in [5.74, 6) is -3.12. The van der Waals surface area contributed by atoms with Crippen LogP contribution in [-0.4, -0.2) is 62.3 Å². The molecule has 0 radical (unpaired) electrons. The summed E-state index contributed by atoms with van der Waals surface area (Å²) in [5.41, 5.74) is -1.45. The molecule has 5 rings (SSSR count). The summed E-state index contributed by atoms with van der Waals surface area (Å²) in [5, 5.41) is 0. The van der Waals surface area contributed by atoms with E-state index in [0.29, 0.717) is 16.8 Å². The first-order valence-corrected chi connectivity index (χ1v) is 17.0. The first kappa shape index (κ1) is 39.0. The Morgan fingerprint density at radius 3 is 1.94 bits per heavy atom. The van der Waals surface area contributed by atoms with Gasteiger partial charge in [-0.3, -0.25) is 24.1 Å². The molecule has 0 unspecified atom stereocenters. The molecule has 14 heteroatoms. The van der Waals surface area contributed by atoms with E-state index in [1.165, 1.54) is 58.3 Å². The van der Waals surface area contributed by atoms with E-state index in [-0.39, 0.29) is 42.3 Å².